The summed E-state index contributed by atoms with van der Waals surface area (Å²) in [5, 5.41) is 8.56. The number of cyclic esters (lactones) is 1. The van der Waals surface area contributed by atoms with Gasteiger partial charge < -0.3 is 30.3 Å². The molecule has 1 aromatic carbocycles. The van der Waals surface area contributed by atoms with Crippen LogP contribution in [0.15, 0.2) is 18.2 Å². The number of hydrogen-bond acceptors (Lipinski definition) is 7. The van der Waals surface area contributed by atoms with Gasteiger partial charge in [-0.25, -0.2) is 0 Å². The van der Waals surface area contributed by atoms with Crippen molar-refractivity contribution in [3.8, 4) is 0 Å². The Balaban J connectivity index is 1.55. The number of fused-ring (bicyclic) bond motifs is 2. The molecule has 2 heterocycles. The first-order chi connectivity index (χ1) is 19.7. The van der Waals surface area contributed by atoms with Gasteiger partial charge >= 0.3 is 5.97 Å². The molecule has 2 aliphatic heterocycles. The van der Waals surface area contributed by atoms with Gasteiger partial charge in [-0.3, -0.25) is 24.0 Å². The van der Waals surface area contributed by atoms with E-state index in [4.69, 9.17) is 21.1 Å². The van der Waals surface area contributed by atoms with Crippen LogP contribution >= 0.6 is 11.6 Å². The summed E-state index contributed by atoms with van der Waals surface area (Å²) in [6.07, 6.45) is 1.37. The van der Waals surface area contributed by atoms with E-state index in [1.54, 1.807) is 37.8 Å². The number of nitrogens with zero attached hydrogens (tertiary/aromatic N) is 1. The van der Waals surface area contributed by atoms with Crippen LogP contribution in [0.3, 0.4) is 0 Å². The predicted octanol–water partition coefficient (Wildman–Crippen LogP) is 3.25. The average molecular weight is 605 g/mol. The lowest BCUT2D eigenvalue weighted by molar-refractivity contribution is -0.165. The maximum Gasteiger partial charge on any atom is 0.310 e. The summed E-state index contributed by atoms with van der Waals surface area (Å²) in [6.45, 7) is 11.1. The number of anilines is 1. The van der Waals surface area contributed by atoms with Crippen molar-refractivity contribution >= 4 is 46.9 Å². The molecule has 2 bridgehead atoms. The number of ether oxygens (including phenoxy) is 2. The highest BCUT2D eigenvalue weighted by Gasteiger charge is 2.54. The minimum absolute atomic E-state index is 0.0106. The molecule has 1 aromatic rings. The second-order valence-corrected chi connectivity index (χ2v) is 13.0. The number of benzene rings is 1. The van der Waals surface area contributed by atoms with E-state index in [9.17, 15) is 24.0 Å². The van der Waals surface area contributed by atoms with Gasteiger partial charge in [0.2, 0.25) is 24.0 Å². The Morgan fingerprint density at radius 2 is 1.88 bits per heavy atom. The van der Waals surface area contributed by atoms with E-state index in [1.165, 1.54) is 6.07 Å². The van der Waals surface area contributed by atoms with Crippen LogP contribution < -0.4 is 16.0 Å². The van der Waals surface area contributed by atoms with Crippen molar-refractivity contribution in [1.29, 1.82) is 0 Å². The van der Waals surface area contributed by atoms with Crippen molar-refractivity contribution in [3.05, 3.63) is 28.8 Å². The molecule has 1 saturated carbocycles. The standard InChI is InChI=1S/C30H41ClN4O7/c1-7-41-29-20(14-21(36)42-29)33-27(39)23-16-11-12-17(13-16)35(23)28(40)24(30(4,5)6)34-26(38)18-9-8-10-19(22(18)31)32-25(37)15(2)3/h8-10,15-17,20,23-24,29H,7,11-14H2,1-6H3,(H,32,37)(H,33,39)(H,34,38)/t16-,17+,20-,23+,24-,29-/m1/s1. The number of likely N-dealkylation sites (tertiary alicyclic amines) is 1. The van der Waals surface area contributed by atoms with Gasteiger partial charge in [-0.15, -0.1) is 0 Å². The highest BCUT2D eigenvalue weighted by Crippen LogP contribution is 2.44. The number of nitrogens with one attached hydrogen (secondary N) is 3. The fourth-order valence-corrected chi connectivity index (χ4v) is 6.23. The van der Waals surface area contributed by atoms with Gasteiger partial charge in [0.15, 0.2) is 0 Å². The van der Waals surface area contributed by atoms with Gasteiger partial charge in [0.05, 0.1) is 22.7 Å². The summed E-state index contributed by atoms with van der Waals surface area (Å²) >= 11 is 6.53. The van der Waals surface area contributed by atoms with E-state index in [2.05, 4.69) is 16.0 Å². The van der Waals surface area contributed by atoms with Gasteiger partial charge in [0.1, 0.15) is 18.1 Å². The molecule has 0 unspecified atom stereocenters. The van der Waals surface area contributed by atoms with Crippen LogP contribution in [0.4, 0.5) is 5.69 Å². The van der Waals surface area contributed by atoms with Crippen LogP contribution in [-0.2, 0) is 28.7 Å². The maximum atomic E-state index is 14.2. The number of esters is 1. The Kier molecular flexibility index (Phi) is 9.52. The lowest BCUT2D eigenvalue weighted by Gasteiger charge is -2.40. The van der Waals surface area contributed by atoms with Gasteiger partial charge in [-0.1, -0.05) is 52.3 Å². The molecule has 12 heteroatoms. The number of carbonyl (C=O) groups excluding carboxylic acids is 5. The first-order valence-corrected chi connectivity index (χ1v) is 14.9. The van der Waals surface area contributed by atoms with Crippen LogP contribution in [0.25, 0.3) is 0 Å². The van der Waals surface area contributed by atoms with E-state index in [-0.39, 0.29) is 52.6 Å². The van der Waals surface area contributed by atoms with Crippen LogP contribution in [0.1, 0.15) is 77.6 Å². The number of amides is 4. The Hall–Kier alpha value is -3.18. The van der Waals surface area contributed by atoms with Crippen molar-refractivity contribution in [2.24, 2.45) is 17.3 Å². The molecular formula is C30H41ClN4O7. The molecule has 4 rings (SSSR count). The smallest absolute Gasteiger partial charge is 0.310 e. The molecule has 3 aliphatic rings. The molecule has 0 radical (unpaired) electrons. The molecule has 2 saturated heterocycles. The van der Waals surface area contributed by atoms with Gasteiger partial charge in [0.25, 0.3) is 5.91 Å². The van der Waals surface area contributed by atoms with Crippen LogP contribution in [-0.4, -0.2) is 71.6 Å². The number of piperidine rings is 1. The van der Waals surface area contributed by atoms with Crippen molar-refractivity contribution in [1.82, 2.24) is 15.5 Å². The van der Waals surface area contributed by atoms with Crippen LogP contribution in [0, 0.1) is 17.3 Å². The molecule has 11 nitrogen and oxygen atoms in total. The molecule has 42 heavy (non-hydrogen) atoms. The third kappa shape index (κ3) is 6.57. The summed E-state index contributed by atoms with van der Waals surface area (Å²) in [7, 11) is 0. The van der Waals surface area contributed by atoms with Crippen molar-refractivity contribution in [2.45, 2.75) is 97.7 Å². The Morgan fingerprint density at radius 1 is 1.17 bits per heavy atom. The molecule has 6 atom stereocenters. The average Bonchev–Trinajstić information content (AvgIpc) is 3.62. The number of carbonyl (C=O) groups is 5. The minimum Gasteiger partial charge on any atom is -0.433 e. The van der Waals surface area contributed by atoms with E-state index in [0.29, 0.717) is 18.7 Å². The van der Waals surface area contributed by atoms with Crippen molar-refractivity contribution in [3.63, 3.8) is 0 Å². The number of halogens is 1. The molecule has 230 valence electrons. The molecule has 0 spiro atoms. The fourth-order valence-electron chi connectivity index (χ4n) is 5.97. The molecule has 3 N–H and O–H groups in total. The zero-order chi connectivity index (χ0) is 30.9. The minimum atomic E-state index is -0.975. The van der Waals surface area contributed by atoms with E-state index >= 15 is 0 Å². The normalized spacial score (nSPS) is 25.8. The lowest BCUT2D eigenvalue weighted by Crippen LogP contribution is -2.62. The molecule has 4 amide bonds. The first kappa shape index (κ1) is 31.7. The highest BCUT2D eigenvalue weighted by atomic mass is 35.5. The van der Waals surface area contributed by atoms with Gasteiger partial charge in [-0.2, -0.15) is 0 Å². The highest BCUT2D eigenvalue weighted by molar-refractivity contribution is 6.37. The quantitative estimate of drug-likeness (QED) is 0.367. The lowest BCUT2D eigenvalue weighted by atomic mass is 9.84. The third-order valence-corrected chi connectivity index (χ3v) is 8.55. The topological polar surface area (TPSA) is 143 Å². The second-order valence-electron chi connectivity index (χ2n) is 12.6. The second kappa shape index (κ2) is 12.6. The summed E-state index contributed by atoms with van der Waals surface area (Å²) in [5.41, 5.74) is -0.294. The zero-order valence-corrected chi connectivity index (χ0v) is 25.7. The summed E-state index contributed by atoms with van der Waals surface area (Å²) in [4.78, 5) is 67.1. The van der Waals surface area contributed by atoms with Crippen LogP contribution in [0.5, 0.6) is 0 Å². The Labute approximate surface area is 251 Å². The van der Waals surface area contributed by atoms with Crippen molar-refractivity contribution in [2.75, 3.05) is 11.9 Å². The maximum absolute atomic E-state index is 14.2. The number of hydrogen-bond donors (Lipinski definition) is 3. The zero-order valence-electron chi connectivity index (χ0n) is 25.0. The molecule has 3 fully saturated rings. The van der Waals surface area contributed by atoms with E-state index < -0.39 is 41.7 Å². The third-order valence-electron chi connectivity index (χ3n) is 8.14. The molecule has 0 aromatic heterocycles. The van der Waals surface area contributed by atoms with Gasteiger partial charge in [-0.05, 0) is 49.7 Å². The SMILES string of the molecule is CCO[C@@H]1OC(=O)C[C@H]1NC(=O)[C@@H]1[C@@H]2CC[C@@H](C2)N1C(=O)[C@@H](NC(=O)c1cccc(NC(=O)C(C)C)c1Cl)C(C)(C)C. The first-order valence-electron chi connectivity index (χ1n) is 14.6. The molecule has 1 aliphatic carbocycles. The van der Waals surface area contributed by atoms with Gasteiger partial charge in [0, 0.05) is 18.6 Å². The van der Waals surface area contributed by atoms with Crippen molar-refractivity contribution < 1.29 is 33.4 Å². The summed E-state index contributed by atoms with van der Waals surface area (Å²) < 4.78 is 10.7. The Morgan fingerprint density at radius 3 is 2.52 bits per heavy atom. The molecular weight excluding hydrogens is 564 g/mol. The number of rotatable bonds is 9. The monoisotopic (exact) mass is 604 g/mol. The summed E-state index contributed by atoms with van der Waals surface area (Å²) in [5.74, 6) is -2.31. The fraction of sp³-hybridized carbons (Fsp3) is 0.633. The van der Waals surface area contributed by atoms with Crippen LogP contribution in [0.2, 0.25) is 5.02 Å². The summed E-state index contributed by atoms with van der Waals surface area (Å²) in [6, 6.07) is 2.24. The predicted molar refractivity (Wildman–Crippen MR) is 155 cm³/mol. The largest absolute Gasteiger partial charge is 0.433 e. The Bertz CT molecular complexity index is 1250. The van der Waals surface area contributed by atoms with E-state index in [0.717, 1.165) is 12.8 Å². The van der Waals surface area contributed by atoms with E-state index in [1.807, 2.05) is 20.8 Å².